The first-order valence-corrected chi connectivity index (χ1v) is 16.5. The van der Waals surface area contributed by atoms with Gasteiger partial charge in [0.25, 0.3) is 0 Å². The lowest BCUT2D eigenvalue weighted by molar-refractivity contribution is -0.152. The van der Waals surface area contributed by atoms with Gasteiger partial charge in [0.2, 0.25) is 0 Å². The van der Waals surface area contributed by atoms with Crippen molar-refractivity contribution >= 4 is 11.9 Å². The summed E-state index contributed by atoms with van der Waals surface area (Å²) in [5.74, 6) is 0.0614. The van der Waals surface area contributed by atoms with Gasteiger partial charge in [-0.1, -0.05) is 132 Å². The molecule has 1 unspecified atom stereocenters. The third-order valence-corrected chi connectivity index (χ3v) is 6.48. The SMILES string of the molecule is CC/C=C\C/C=C\CC(O)/C=C/C=C\C/C=C\C/C=C\CCC(=O)OC[C@H](O)COC(=O)CCCCCCCCC(C)C. The van der Waals surface area contributed by atoms with Crippen LogP contribution in [0.15, 0.2) is 72.9 Å². The topological polar surface area (TPSA) is 93.1 Å². The molecule has 2 N–H and O–H groups in total. The third kappa shape index (κ3) is 32.1. The van der Waals surface area contributed by atoms with Gasteiger partial charge >= 0.3 is 11.9 Å². The van der Waals surface area contributed by atoms with Crippen molar-refractivity contribution in [2.24, 2.45) is 5.92 Å². The predicted molar refractivity (Wildman–Crippen MR) is 179 cm³/mol. The summed E-state index contributed by atoms with van der Waals surface area (Å²) in [4.78, 5) is 23.7. The molecule has 0 heterocycles. The van der Waals surface area contributed by atoms with E-state index in [1.54, 1.807) is 6.08 Å². The number of esters is 2. The van der Waals surface area contributed by atoms with E-state index >= 15 is 0 Å². The van der Waals surface area contributed by atoms with Gasteiger partial charge in [-0.25, -0.2) is 0 Å². The number of carbonyl (C=O) groups excluding carboxylic acids is 2. The summed E-state index contributed by atoms with van der Waals surface area (Å²) in [6.45, 7) is 6.27. The molecular weight excluding hydrogens is 540 g/mol. The summed E-state index contributed by atoms with van der Waals surface area (Å²) in [6.07, 6.45) is 35.8. The number of aliphatic hydroxyl groups excluding tert-OH is 2. The van der Waals surface area contributed by atoms with E-state index in [0.717, 1.165) is 50.9 Å². The summed E-state index contributed by atoms with van der Waals surface area (Å²) in [6, 6.07) is 0. The molecule has 0 aliphatic rings. The minimum Gasteiger partial charge on any atom is -0.463 e. The summed E-state index contributed by atoms with van der Waals surface area (Å²) in [7, 11) is 0. The van der Waals surface area contributed by atoms with Crippen molar-refractivity contribution in [1.29, 1.82) is 0 Å². The molecule has 0 aromatic carbocycles. The van der Waals surface area contributed by atoms with Crippen LogP contribution in [0.3, 0.4) is 0 Å². The van der Waals surface area contributed by atoms with E-state index in [-0.39, 0.29) is 31.6 Å². The first-order chi connectivity index (χ1) is 20.8. The van der Waals surface area contributed by atoms with Crippen molar-refractivity contribution in [2.45, 2.75) is 129 Å². The van der Waals surface area contributed by atoms with Gasteiger partial charge in [0, 0.05) is 12.8 Å². The zero-order valence-electron chi connectivity index (χ0n) is 27.2. The maximum Gasteiger partial charge on any atom is 0.306 e. The number of hydrogen-bond donors (Lipinski definition) is 2. The summed E-state index contributed by atoms with van der Waals surface area (Å²) in [5.41, 5.74) is 0. The smallest absolute Gasteiger partial charge is 0.306 e. The fourth-order valence-corrected chi connectivity index (χ4v) is 3.97. The van der Waals surface area contributed by atoms with Gasteiger partial charge in [0.05, 0.1) is 6.10 Å². The highest BCUT2D eigenvalue weighted by atomic mass is 16.6. The fourth-order valence-electron chi connectivity index (χ4n) is 3.97. The lowest BCUT2D eigenvalue weighted by Gasteiger charge is -2.12. The molecule has 0 saturated heterocycles. The fraction of sp³-hybridized carbons (Fsp3) is 0.622. The third-order valence-electron chi connectivity index (χ3n) is 6.48. The second-order valence-corrected chi connectivity index (χ2v) is 11.2. The van der Waals surface area contributed by atoms with Crippen molar-refractivity contribution in [3.05, 3.63) is 72.9 Å². The zero-order valence-corrected chi connectivity index (χ0v) is 27.2. The Morgan fingerprint density at radius 2 is 1.21 bits per heavy atom. The van der Waals surface area contributed by atoms with E-state index in [2.05, 4.69) is 51.2 Å². The maximum absolute atomic E-state index is 11.9. The van der Waals surface area contributed by atoms with Crippen molar-refractivity contribution in [1.82, 2.24) is 0 Å². The Morgan fingerprint density at radius 1 is 0.651 bits per heavy atom. The molecule has 0 spiro atoms. The van der Waals surface area contributed by atoms with Crippen molar-refractivity contribution in [2.75, 3.05) is 13.2 Å². The van der Waals surface area contributed by atoms with Crippen LogP contribution in [-0.2, 0) is 19.1 Å². The van der Waals surface area contributed by atoms with Crippen molar-refractivity contribution < 1.29 is 29.3 Å². The molecule has 0 bridgehead atoms. The van der Waals surface area contributed by atoms with Gasteiger partial charge in [-0.15, -0.1) is 0 Å². The molecule has 2 atom stereocenters. The van der Waals surface area contributed by atoms with Crippen molar-refractivity contribution in [3.63, 3.8) is 0 Å². The minimum absolute atomic E-state index is 0.157. The van der Waals surface area contributed by atoms with Gasteiger partial charge in [-0.3, -0.25) is 9.59 Å². The average molecular weight is 601 g/mol. The normalized spacial score (nSPS) is 14.0. The molecule has 0 aliphatic carbocycles. The van der Waals surface area contributed by atoms with Gasteiger partial charge in [-0.05, 0) is 50.9 Å². The molecule has 6 nitrogen and oxygen atoms in total. The predicted octanol–water partition coefficient (Wildman–Crippen LogP) is 8.66. The first kappa shape index (κ1) is 40.3. The number of carbonyl (C=O) groups is 2. The molecule has 0 rings (SSSR count). The Bertz CT molecular complexity index is 849. The highest BCUT2D eigenvalue weighted by Crippen LogP contribution is 2.12. The largest absolute Gasteiger partial charge is 0.463 e. The number of rotatable bonds is 27. The number of ether oxygens (including phenoxy) is 2. The molecule has 0 aromatic heterocycles. The number of allylic oxidation sites excluding steroid dienone is 10. The Kier molecular flexibility index (Phi) is 28.8. The molecule has 244 valence electrons. The molecule has 0 saturated carbocycles. The number of unbranched alkanes of at least 4 members (excludes halogenated alkanes) is 5. The summed E-state index contributed by atoms with van der Waals surface area (Å²) in [5, 5.41) is 19.8. The molecule has 0 radical (unpaired) electrons. The van der Waals surface area contributed by atoms with Crippen LogP contribution in [0.4, 0.5) is 0 Å². The van der Waals surface area contributed by atoms with Crippen LogP contribution in [0.1, 0.15) is 117 Å². The van der Waals surface area contributed by atoms with E-state index in [0.29, 0.717) is 19.3 Å². The Labute approximate surface area is 262 Å². The van der Waals surface area contributed by atoms with Crippen molar-refractivity contribution in [3.8, 4) is 0 Å². The van der Waals surface area contributed by atoms with Gasteiger partial charge < -0.3 is 19.7 Å². The first-order valence-electron chi connectivity index (χ1n) is 16.5. The molecule has 0 fully saturated rings. The number of aliphatic hydroxyl groups is 2. The monoisotopic (exact) mass is 600 g/mol. The molecule has 0 aliphatic heterocycles. The quantitative estimate of drug-likeness (QED) is 0.0424. The van der Waals surface area contributed by atoms with Crippen LogP contribution in [-0.4, -0.2) is 47.6 Å². The standard InChI is InChI=1S/C37H60O6/c1-4-5-6-7-17-22-27-34(38)28-23-18-12-10-8-9-11-13-19-24-29-36(40)42-31-35(39)32-43-37(41)30-25-20-15-14-16-21-26-33(2)3/h5-6,8-9,12-13,17-19,22-23,28,33-35,38-39H,4,7,10-11,14-16,20-21,24-27,29-32H2,1-3H3/b6-5-,9-8-,18-12-,19-13-,22-17-,28-23+/t34?,35-/m0/s1. The van der Waals surface area contributed by atoms with Gasteiger partial charge in [0.15, 0.2) is 0 Å². The average Bonchev–Trinajstić information content (AvgIpc) is 2.98. The lowest BCUT2D eigenvalue weighted by atomic mass is 10.0. The van der Waals surface area contributed by atoms with E-state index < -0.39 is 12.2 Å². The molecule has 43 heavy (non-hydrogen) atoms. The second kappa shape index (κ2) is 30.7. The molecule has 6 heteroatoms. The van der Waals surface area contributed by atoms with E-state index in [4.69, 9.17) is 9.47 Å². The Morgan fingerprint density at radius 3 is 1.88 bits per heavy atom. The summed E-state index contributed by atoms with van der Waals surface area (Å²) < 4.78 is 10.2. The highest BCUT2D eigenvalue weighted by Gasteiger charge is 2.11. The maximum atomic E-state index is 11.9. The number of hydrogen-bond acceptors (Lipinski definition) is 6. The Hall–Kier alpha value is -2.70. The van der Waals surface area contributed by atoms with Gasteiger partial charge in [-0.2, -0.15) is 0 Å². The second-order valence-electron chi connectivity index (χ2n) is 11.2. The van der Waals surface area contributed by atoms with Crippen LogP contribution >= 0.6 is 0 Å². The van der Waals surface area contributed by atoms with E-state index in [9.17, 15) is 19.8 Å². The van der Waals surface area contributed by atoms with Crippen LogP contribution in [0.2, 0.25) is 0 Å². The van der Waals surface area contributed by atoms with Crippen LogP contribution < -0.4 is 0 Å². The van der Waals surface area contributed by atoms with Crippen LogP contribution in [0.25, 0.3) is 0 Å². The molecule has 0 amide bonds. The van der Waals surface area contributed by atoms with Crippen LogP contribution in [0, 0.1) is 5.92 Å². The van der Waals surface area contributed by atoms with E-state index in [1.807, 2.05) is 36.5 Å². The van der Waals surface area contributed by atoms with Gasteiger partial charge in [0.1, 0.15) is 19.3 Å². The van der Waals surface area contributed by atoms with E-state index in [1.165, 1.54) is 25.7 Å². The lowest BCUT2D eigenvalue weighted by Crippen LogP contribution is -2.25. The Balaban J connectivity index is 3.74. The zero-order chi connectivity index (χ0) is 31.8. The van der Waals surface area contributed by atoms with Crippen LogP contribution in [0.5, 0.6) is 0 Å². The minimum atomic E-state index is -1.01. The highest BCUT2D eigenvalue weighted by molar-refractivity contribution is 5.70. The molecular formula is C37H60O6. The molecule has 0 aromatic rings. The summed E-state index contributed by atoms with van der Waals surface area (Å²) >= 11 is 0.